The zero-order chi connectivity index (χ0) is 22.1. The predicted molar refractivity (Wildman–Crippen MR) is 114 cm³/mol. The number of anilines is 2. The first-order valence-corrected chi connectivity index (χ1v) is 9.72. The third kappa shape index (κ3) is 3.71. The van der Waals surface area contributed by atoms with Crippen molar-refractivity contribution in [2.24, 2.45) is 7.05 Å². The highest BCUT2D eigenvalue weighted by Crippen LogP contribution is 2.22. The average Bonchev–Trinajstić information content (AvgIpc) is 3.39. The van der Waals surface area contributed by atoms with Crippen LogP contribution in [0.4, 0.5) is 16.2 Å². The van der Waals surface area contributed by atoms with Crippen LogP contribution in [0.3, 0.4) is 0 Å². The molecule has 0 saturated carbocycles. The fraction of sp³-hybridized carbons (Fsp3) is 0.143. The zero-order valence-corrected chi connectivity index (χ0v) is 17.3. The van der Waals surface area contributed by atoms with Gasteiger partial charge in [-0.15, -0.1) is 10.2 Å². The minimum atomic E-state index is -0.423. The Morgan fingerprint density at radius 3 is 2.75 bits per heavy atom. The lowest BCUT2D eigenvalue weighted by molar-refractivity contribution is 0.386. The smallest absolute Gasteiger partial charge is 0.228 e. The number of nitrogens with one attached hydrogen (secondary N) is 1. The first kappa shape index (κ1) is 19.5. The van der Waals surface area contributed by atoms with Gasteiger partial charge in [-0.3, -0.25) is 4.68 Å². The summed E-state index contributed by atoms with van der Waals surface area (Å²) in [6, 6.07) is 10.3. The number of hydrogen-bond acceptors (Lipinski definition) is 8. The van der Waals surface area contributed by atoms with E-state index in [2.05, 4.69) is 35.7 Å². The van der Waals surface area contributed by atoms with Gasteiger partial charge in [-0.1, -0.05) is 6.07 Å². The van der Waals surface area contributed by atoms with E-state index in [1.807, 2.05) is 19.2 Å². The van der Waals surface area contributed by atoms with Crippen LogP contribution in [0.15, 0.2) is 55.0 Å². The molecule has 1 N–H and O–H groups in total. The largest absolute Gasteiger partial charge is 0.494 e. The molecule has 1 aromatic carbocycles. The number of methoxy groups -OCH3 is 1. The van der Waals surface area contributed by atoms with Crippen molar-refractivity contribution in [1.82, 2.24) is 39.6 Å². The Morgan fingerprint density at radius 1 is 1.06 bits per heavy atom. The third-order valence-corrected chi connectivity index (χ3v) is 4.92. The molecule has 11 heteroatoms. The monoisotopic (exact) mass is 431 g/mol. The van der Waals surface area contributed by atoms with Gasteiger partial charge in [0.2, 0.25) is 5.95 Å². The van der Waals surface area contributed by atoms with Crippen molar-refractivity contribution in [2.75, 3.05) is 12.4 Å². The SMILES string of the molecule is COc1ccc(Cc2nnc3cc(-c4ccnc(Nc5ccnn5C)n4)cnn23)cc1F. The van der Waals surface area contributed by atoms with Crippen molar-refractivity contribution in [3.8, 4) is 17.0 Å². The standard InChI is InChI=1S/C21H18FN9O/c1-30-18(6-8-24-30)27-21-23-7-5-16(26-21)14-11-20-29-28-19(31(20)25-12-14)10-13-3-4-17(32-2)15(22)9-13/h3-9,11-12H,10H2,1-2H3,(H,23,26,27). The zero-order valence-electron chi connectivity index (χ0n) is 17.3. The molecule has 0 aliphatic carbocycles. The van der Waals surface area contributed by atoms with E-state index < -0.39 is 5.82 Å². The Hall–Kier alpha value is -4.41. The second kappa shape index (κ2) is 8.02. The van der Waals surface area contributed by atoms with E-state index in [9.17, 15) is 4.39 Å². The normalized spacial score (nSPS) is 11.1. The Morgan fingerprint density at radius 2 is 1.97 bits per heavy atom. The van der Waals surface area contributed by atoms with E-state index in [0.29, 0.717) is 29.5 Å². The first-order valence-electron chi connectivity index (χ1n) is 9.72. The summed E-state index contributed by atoms with van der Waals surface area (Å²) in [5.74, 6) is 1.58. The molecule has 0 spiro atoms. The lowest BCUT2D eigenvalue weighted by Crippen LogP contribution is -2.03. The van der Waals surface area contributed by atoms with Gasteiger partial charge in [0, 0.05) is 31.3 Å². The lowest BCUT2D eigenvalue weighted by Gasteiger charge is -2.07. The van der Waals surface area contributed by atoms with Crippen molar-refractivity contribution in [1.29, 1.82) is 0 Å². The molecule has 4 aromatic heterocycles. The van der Waals surface area contributed by atoms with Crippen LogP contribution < -0.4 is 10.1 Å². The van der Waals surface area contributed by atoms with Crippen LogP contribution in [0.25, 0.3) is 16.9 Å². The molecule has 0 aliphatic rings. The van der Waals surface area contributed by atoms with Crippen LogP contribution in [0, 0.1) is 5.82 Å². The van der Waals surface area contributed by atoms with E-state index >= 15 is 0 Å². The third-order valence-electron chi connectivity index (χ3n) is 4.92. The van der Waals surface area contributed by atoms with Crippen molar-refractivity contribution in [3.05, 3.63) is 72.2 Å². The van der Waals surface area contributed by atoms with E-state index in [1.165, 1.54) is 13.2 Å². The molecule has 32 heavy (non-hydrogen) atoms. The van der Waals surface area contributed by atoms with Crippen molar-refractivity contribution < 1.29 is 9.13 Å². The summed E-state index contributed by atoms with van der Waals surface area (Å²) >= 11 is 0. The van der Waals surface area contributed by atoms with Gasteiger partial charge in [0.25, 0.3) is 0 Å². The number of benzene rings is 1. The molecule has 5 rings (SSSR count). The van der Waals surface area contributed by atoms with Gasteiger partial charge < -0.3 is 10.1 Å². The second-order valence-corrected chi connectivity index (χ2v) is 7.01. The number of aromatic nitrogens is 8. The van der Waals surface area contributed by atoms with Gasteiger partial charge >= 0.3 is 0 Å². The van der Waals surface area contributed by atoms with Crippen molar-refractivity contribution in [3.63, 3.8) is 0 Å². The molecule has 10 nitrogen and oxygen atoms in total. The van der Waals surface area contributed by atoms with E-state index in [1.54, 1.807) is 46.0 Å². The maximum Gasteiger partial charge on any atom is 0.228 e. The summed E-state index contributed by atoms with van der Waals surface area (Å²) in [4.78, 5) is 8.81. The van der Waals surface area contributed by atoms with Gasteiger partial charge in [-0.25, -0.2) is 14.4 Å². The molecule has 4 heterocycles. The molecule has 0 radical (unpaired) electrons. The molecule has 0 amide bonds. The number of nitrogens with zero attached hydrogens (tertiary/aromatic N) is 8. The lowest BCUT2D eigenvalue weighted by atomic mass is 10.1. The van der Waals surface area contributed by atoms with Crippen LogP contribution in [0.2, 0.25) is 0 Å². The van der Waals surface area contributed by atoms with Gasteiger partial charge in [0.1, 0.15) is 5.82 Å². The molecule has 160 valence electrons. The van der Waals surface area contributed by atoms with Crippen LogP contribution >= 0.6 is 0 Å². The highest BCUT2D eigenvalue weighted by molar-refractivity contribution is 5.64. The summed E-state index contributed by atoms with van der Waals surface area (Å²) in [7, 11) is 3.26. The van der Waals surface area contributed by atoms with Gasteiger partial charge in [0.15, 0.2) is 23.0 Å². The molecule has 0 bridgehead atoms. The van der Waals surface area contributed by atoms with Crippen LogP contribution in [0.1, 0.15) is 11.4 Å². The number of hydrogen-bond donors (Lipinski definition) is 1. The molecule has 0 fully saturated rings. The summed E-state index contributed by atoms with van der Waals surface area (Å²) in [5, 5.41) is 20.1. The minimum absolute atomic E-state index is 0.199. The maximum atomic E-state index is 14.0. The van der Waals surface area contributed by atoms with E-state index in [-0.39, 0.29) is 5.75 Å². The summed E-state index contributed by atoms with van der Waals surface area (Å²) in [5.41, 5.74) is 2.75. The Bertz CT molecular complexity index is 1410. The number of ether oxygens (including phenoxy) is 1. The summed E-state index contributed by atoms with van der Waals surface area (Å²) in [6.45, 7) is 0. The number of aryl methyl sites for hydroxylation is 1. The fourth-order valence-electron chi connectivity index (χ4n) is 3.28. The molecule has 0 atom stereocenters. The second-order valence-electron chi connectivity index (χ2n) is 7.01. The molecule has 0 saturated heterocycles. The average molecular weight is 431 g/mol. The Labute approximate surface area is 181 Å². The first-order chi connectivity index (χ1) is 15.6. The van der Waals surface area contributed by atoms with Crippen LogP contribution in [0.5, 0.6) is 5.75 Å². The minimum Gasteiger partial charge on any atom is -0.494 e. The van der Waals surface area contributed by atoms with Crippen LogP contribution in [-0.2, 0) is 13.5 Å². The topological polar surface area (TPSA) is 108 Å². The predicted octanol–water partition coefficient (Wildman–Crippen LogP) is 2.80. The number of fused-ring (bicyclic) bond motifs is 1. The summed E-state index contributed by atoms with van der Waals surface area (Å²) in [6.07, 6.45) is 5.41. The molecule has 0 aliphatic heterocycles. The molecular formula is C21H18FN9O. The quantitative estimate of drug-likeness (QED) is 0.437. The summed E-state index contributed by atoms with van der Waals surface area (Å²) < 4.78 is 22.3. The van der Waals surface area contributed by atoms with Crippen LogP contribution in [-0.4, -0.2) is 46.7 Å². The van der Waals surface area contributed by atoms with Gasteiger partial charge in [-0.2, -0.15) is 14.7 Å². The number of rotatable bonds is 6. The van der Waals surface area contributed by atoms with Crippen molar-refractivity contribution in [2.45, 2.75) is 6.42 Å². The highest BCUT2D eigenvalue weighted by Gasteiger charge is 2.12. The van der Waals surface area contributed by atoms with E-state index in [4.69, 9.17) is 4.74 Å². The highest BCUT2D eigenvalue weighted by atomic mass is 19.1. The maximum absolute atomic E-state index is 14.0. The molecule has 5 aromatic rings. The Balaban J connectivity index is 1.41. The Kier molecular flexibility index (Phi) is 4.90. The van der Waals surface area contributed by atoms with Crippen molar-refractivity contribution >= 4 is 17.4 Å². The van der Waals surface area contributed by atoms with Gasteiger partial charge in [0.05, 0.1) is 25.2 Å². The molecular weight excluding hydrogens is 413 g/mol. The fourth-order valence-corrected chi connectivity index (χ4v) is 3.28. The molecule has 0 unspecified atom stereocenters. The van der Waals surface area contributed by atoms with Gasteiger partial charge in [-0.05, 0) is 29.8 Å². The van der Waals surface area contributed by atoms with E-state index in [0.717, 1.165) is 16.9 Å². The number of halogens is 1.